The van der Waals surface area contributed by atoms with E-state index < -0.39 is 11.9 Å². The molecule has 0 aromatic carbocycles. The van der Waals surface area contributed by atoms with Gasteiger partial charge in [0.1, 0.15) is 5.69 Å². The first-order valence-corrected chi connectivity index (χ1v) is 5.90. The third-order valence-electron chi connectivity index (χ3n) is 2.95. The lowest BCUT2D eigenvalue weighted by atomic mass is 9.98. The molecular formula is C11H17Cl2F3N4. The highest BCUT2D eigenvalue weighted by Gasteiger charge is 2.32. The fourth-order valence-electron chi connectivity index (χ4n) is 1.92. The molecule has 1 aromatic rings. The Bertz CT molecular complexity index is 397. The molecule has 0 unspecified atom stereocenters. The van der Waals surface area contributed by atoms with Crippen LogP contribution in [0.15, 0.2) is 12.3 Å². The maximum absolute atomic E-state index is 12.4. The molecule has 2 N–H and O–H groups in total. The Hall–Kier alpha value is -0.790. The Labute approximate surface area is 127 Å². The molecule has 20 heavy (non-hydrogen) atoms. The van der Waals surface area contributed by atoms with E-state index in [1.54, 1.807) is 0 Å². The van der Waals surface area contributed by atoms with E-state index in [-0.39, 0.29) is 30.8 Å². The minimum Gasteiger partial charge on any atom is -0.354 e. The predicted octanol–water partition coefficient (Wildman–Crippen LogP) is 2.75. The smallest absolute Gasteiger partial charge is 0.354 e. The lowest BCUT2D eigenvalue weighted by Crippen LogP contribution is -2.31. The Balaban J connectivity index is 0.00000180. The molecule has 1 aliphatic heterocycles. The maximum atomic E-state index is 12.4. The number of piperidine rings is 1. The summed E-state index contributed by atoms with van der Waals surface area (Å²) >= 11 is 0. The summed E-state index contributed by atoms with van der Waals surface area (Å²) in [5.74, 6) is 0.507. The quantitative estimate of drug-likeness (QED) is 0.893. The molecule has 1 aliphatic rings. The molecule has 0 saturated carbocycles. The average Bonchev–Trinajstić information content (AvgIpc) is 2.37. The molecule has 0 spiro atoms. The van der Waals surface area contributed by atoms with E-state index >= 15 is 0 Å². The van der Waals surface area contributed by atoms with Crippen molar-refractivity contribution in [3.8, 4) is 0 Å². The highest BCUT2D eigenvalue weighted by Crippen LogP contribution is 2.27. The van der Waals surface area contributed by atoms with Gasteiger partial charge in [0.25, 0.3) is 0 Å². The summed E-state index contributed by atoms with van der Waals surface area (Å²) in [4.78, 5) is 7.27. The number of alkyl halides is 3. The van der Waals surface area contributed by atoms with Crippen molar-refractivity contribution >= 4 is 30.8 Å². The summed E-state index contributed by atoms with van der Waals surface area (Å²) in [6.45, 7) is 2.52. The van der Waals surface area contributed by atoms with E-state index in [4.69, 9.17) is 0 Å². The standard InChI is InChI=1S/C11H15F3N4.2ClH/c12-11(13,14)9-3-6-16-10(18-9)17-7-8-1-4-15-5-2-8;;/h3,6,8,15H,1-2,4-5,7H2,(H,16,17,18);2*1H. The molecule has 9 heteroatoms. The van der Waals surface area contributed by atoms with E-state index in [0.717, 1.165) is 38.2 Å². The molecule has 0 bridgehead atoms. The minimum absolute atomic E-state index is 0. The van der Waals surface area contributed by atoms with Crippen LogP contribution in [0.3, 0.4) is 0 Å². The van der Waals surface area contributed by atoms with Crippen LogP contribution in [0.25, 0.3) is 0 Å². The van der Waals surface area contributed by atoms with Gasteiger partial charge in [0.15, 0.2) is 0 Å². The van der Waals surface area contributed by atoms with Gasteiger partial charge in [-0.25, -0.2) is 9.97 Å². The van der Waals surface area contributed by atoms with E-state index in [2.05, 4.69) is 20.6 Å². The fraction of sp³-hybridized carbons (Fsp3) is 0.636. The van der Waals surface area contributed by atoms with Gasteiger partial charge in [-0.3, -0.25) is 0 Å². The topological polar surface area (TPSA) is 49.8 Å². The summed E-state index contributed by atoms with van der Waals surface area (Å²) in [6, 6.07) is 0.871. The van der Waals surface area contributed by atoms with Gasteiger partial charge in [-0.2, -0.15) is 13.2 Å². The zero-order chi connectivity index (χ0) is 13.0. The molecule has 4 nitrogen and oxygen atoms in total. The predicted molar refractivity (Wildman–Crippen MR) is 75.6 cm³/mol. The van der Waals surface area contributed by atoms with Crippen molar-refractivity contribution in [1.82, 2.24) is 15.3 Å². The molecule has 0 amide bonds. The van der Waals surface area contributed by atoms with Crippen molar-refractivity contribution in [2.24, 2.45) is 5.92 Å². The number of aromatic nitrogens is 2. The van der Waals surface area contributed by atoms with Gasteiger partial charge < -0.3 is 10.6 Å². The first-order valence-electron chi connectivity index (χ1n) is 5.90. The number of anilines is 1. The van der Waals surface area contributed by atoms with Crippen molar-refractivity contribution in [3.05, 3.63) is 18.0 Å². The van der Waals surface area contributed by atoms with Gasteiger partial charge in [-0.15, -0.1) is 24.8 Å². The second-order valence-electron chi connectivity index (χ2n) is 4.34. The number of halogens is 5. The van der Waals surface area contributed by atoms with Crippen LogP contribution in [-0.4, -0.2) is 29.6 Å². The first kappa shape index (κ1) is 19.2. The van der Waals surface area contributed by atoms with E-state index in [1.807, 2.05) is 0 Å². The number of rotatable bonds is 3. The fourth-order valence-corrected chi connectivity index (χ4v) is 1.92. The molecule has 116 valence electrons. The molecule has 1 aromatic heterocycles. The lowest BCUT2D eigenvalue weighted by molar-refractivity contribution is -0.141. The third-order valence-corrected chi connectivity index (χ3v) is 2.95. The van der Waals surface area contributed by atoms with E-state index in [0.29, 0.717) is 12.5 Å². The highest BCUT2D eigenvalue weighted by molar-refractivity contribution is 5.85. The largest absolute Gasteiger partial charge is 0.433 e. The van der Waals surface area contributed by atoms with E-state index in [1.165, 1.54) is 0 Å². The highest BCUT2D eigenvalue weighted by atomic mass is 35.5. The van der Waals surface area contributed by atoms with Crippen LogP contribution in [0.4, 0.5) is 19.1 Å². The second-order valence-corrected chi connectivity index (χ2v) is 4.34. The molecule has 0 radical (unpaired) electrons. The van der Waals surface area contributed by atoms with Gasteiger partial charge in [0, 0.05) is 12.7 Å². The molecule has 1 saturated heterocycles. The summed E-state index contributed by atoms with van der Waals surface area (Å²) in [5, 5.41) is 6.11. The Morgan fingerprint density at radius 3 is 2.50 bits per heavy atom. The molecule has 1 fully saturated rings. The molecule has 2 rings (SSSR count). The second kappa shape index (κ2) is 8.49. The number of nitrogens with zero attached hydrogens (tertiary/aromatic N) is 2. The minimum atomic E-state index is -4.42. The van der Waals surface area contributed by atoms with Crippen molar-refractivity contribution < 1.29 is 13.2 Å². The summed E-state index contributed by atoms with van der Waals surface area (Å²) in [6.07, 6.45) is -1.26. The van der Waals surface area contributed by atoms with Gasteiger partial charge in [0.2, 0.25) is 5.95 Å². The normalized spacial score (nSPS) is 15.9. The monoisotopic (exact) mass is 332 g/mol. The van der Waals surface area contributed by atoms with Crippen LogP contribution < -0.4 is 10.6 Å². The van der Waals surface area contributed by atoms with Gasteiger partial charge in [0.05, 0.1) is 0 Å². The van der Waals surface area contributed by atoms with Crippen LogP contribution in [-0.2, 0) is 6.18 Å². The third kappa shape index (κ3) is 5.68. The van der Waals surface area contributed by atoms with Gasteiger partial charge in [-0.1, -0.05) is 0 Å². The maximum Gasteiger partial charge on any atom is 0.433 e. The number of nitrogens with one attached hydrogen (secondary N) is 2. The lowest BCUT2D eigenvalue weighted by Gasteiger charge is -2.22. The van der Waals surface area contributed by atoms with Gasteiger partial charge >= 0.3 is 6.18 Å². The Morgan fingerprint density at radius 2 is 1.90 bits per heavy atom. The molecule has 2 heterocycles. The van der Waals surface area contributed by atoms with E-state index in [9.17, 15) is 13.2 Å². The van der Waals surface area contributed by atoms with Crippen LogP contribution in [0.1, 0.15) is 18.5 Å². The zero-order valence-corrected chi connectivity index (χ0v) is 12.2. The van der Waals surface area contributed by atoms with Crippen molar-refractivity contribution in [3.63, 3.8) is 0 Å². The zero-order valence-electron chi connectivity index (χ0n) is 10.6. The SMILES string of the molecule is Cl.Cl.FC(F)(F)c1ccnc(NCC2CCNCC2)n1. The Morgan fingerprint density at radius 1 is 1.25 bits per heavy atom. The average molecular weight is 333 g/mol. The van der Waals surface area contributed by atoms with Crippen LogP contribution in [0, 0.1) is 5.92 Å². The molecule has 0 aliphatic carbocycles. The molecular weight excluding hydrogens is 316 g/mol. The van der Waals surface area contributed by atoms with Crippen molar-refractivity contribution in [1.29, 1.82) is 0 Å². The molecule has 0 atom stereocenters. The summed E-state index contributed by atoms with van der Waals surface area (Å²) < 4.78 is 37.3. The summed E-state index contributed by atoms with van der Waals surface area (Å²) in [5.41, 5.74) is -0.912. The van der Waals surface area contributed by atoms with Crippen LogP contribution in [0.2, 0.25) is 0 Å². The number of hydrogen-bond acceptors (Lipinski definition) is 4. The summed E-state index contributed by atoms with van der Waals surface area (Å²) in [7, 11) is 0. The first-order chi connectivity index (χ1) is 8.55. The number of hydrogen-bond donors (Lipinski definition) is 2. The van der Waals surface area contributed by atoms with Crippen LogP contribution >= 0.6 is 24.8 Å². The van der Waals surface area contributed by atoms with Gasteiger partial charge in [-0.05, 0) is 37.9 Å². The Kier molecular flexibility index (Phi) is 8.15. The van der Waals surface area contributed by atoms with Crippen molar-refractivity contribution in [2.45, 2.75) is 19.0 Å². The van der Waals surface area contributed by atoms with Crippen LogP contribution in [0.5, 0.6) is 0 Å². The van der Waals surface area contributed by atoms with Crippen molar-refractivity contribution in [2.75, 3.05) is 25.0 Å².